The van der Waals surface area contributed by atoms with E-state index >= 15 is 0 Å². The number of carbonyl (C=O) groups excluding carboxylic acids is 1. The van der Waals surface area contributed by atoms with Gasteiger partial charge < -0.3 is 4.79 Å². The molecule has 23 heavy (non-hydrogen) atoms. The lowest BCUT2D eigenvalue weighted by Crippen LogP contribution is -2.40. The molecule has 2 rings (SSSR count). The number of aryl methyl sites for hydroxylation is 1. The van der Waals surface area contributed by atoms with Crippen molar-refractivity contribution in [1.82, 2.24) is 4.72 Å². The van der Waals surface area contributed by atoms with Gasteiger partial charge in [-0.2, -0.15) is 0 Å². The summed E-state index contributed by atoms with van der Waals surface area (Å²) in [6, 6.07) is 13.6. The predicted molar refractivity (Wildman–Crippen MR) is 97.3 cm³/mol. The zero-order valence-electron chi connectivity index (χ0n) is 14.2. The van der Waals surface area contributed by atoms with Crippen LogP contribution in [0.25, 0.3) is 0 Å². The monoisotopic (exact) mass is 355 g/mol. The van der Waals surface area contributed by atoms with E-state index in [2.05, 4.69) is 23.8 Å². The summed E-state index contributed by atoms with van der Waals surface area (Å²) >= 11 is 1.22. The van der Waals surface area contributed by atoms with Gasteiger partial charge in [-0.05, 0) is 46.1 Å². The number of sulfonamides is 1. The van der Waals surface area contributed by atoms with E-state index in [0.717, 1.165) is 6.29 Å². The van der Waals surface area contributed by atoms with Crippen molar-refractivity contribution >= 4 is 27.6 Å². The third-order valence-corrected chi connectivity index (χ3v) is 5.30. The van der Waals surface area contributed by atoms with Gasteiger partial charge in [0.2, 0.25) is 0 Å². The number of rotatable bonds is 2. The van der Waals surface area contributed by atoms with E-state index in [1.807, 2.05) is 39.0 Å². The lowest BCUT2D eigenvalue weighted by molar-refractivity contribution is -0.106. The molecule has 2 aromatic rings. The van der Waals surface area contributed by atoms with Crippen molar-refractivity contribution in [3.8, 4) is 0 Å². The molecule has 0 aliphatic heterocycles. The van der Waals surface area contributed by atoms with Crippen LogP contribution < -0.4 is 4.72 Å². The van der Waals surface area contributed by atoms with Crippen molar-refractivity contribution in [3.63, 3.8) is 0 Å². The molecule has 0 bridgehead atoms. The molecular weight excluding hydrogens is 330 g/mol. The quantitative estimate of drug-likeness (QED) is 0.827. The minimum Gasteiger partial charge on any atom is -0.304 e. The SMILES string of the molecule is CC(C)(C)NS(=O)(=O)c1cccs1.CC=O.Cc1ccccc1. The van der Waals surface area contributed by atoms with Crippen LogP contribution in [-0.4, -0.2) is 20.2 Å². The minimum atomic E-state index is -3.31. The van der Waals surface area contributed by atoms with E-state index < -0.39 is 15.6 Å². The van der Waals surface area contributed by atoms with Gasteiger partial charge in [0.05, 0.1) is 0 Å². The van der Waals surface area contributed by atoms with Crippen LogP contribution in [0, 0.1) is 6.92 Å². The van der Waals surface area contributed by atoms with Crippen LogP contribution in [0.5, 0.6) is 0 Å². The molecule has 0 radical (unpaired) electrons. The summed E-state index contributed by atoms with van der Waals surface area (Å²) in [5.41, 5.74) is 0.894. The molecule has 0 aliphatic carbocycles. The van der Waals surface area contributed by atoms with Crippen molar-refractivity contribution < 1.29 is 13.2 Å². The van der Waals surface area contributed by atoms with Gasteiger partial charge in [0, 0.05) is 5.54 Å². The fraction of sp³-hybridized carbons (Fsp3) is 0.353. The normalized spacial score (nSPS) is 10.7. The average molecular weight is 356 g/mol. The van der Waals surface area contributed by atoms with Crippen molar-refractivity contribution in [2.75, 3.05) is 0 Å². The average Bonchev–Trinajstić information content (AvgIpc) is 2.93. The first-order chi connectivity index (χ1) is 10.6. The summed E-state index contributed by atoms with van der Waals surface area (Å²) in [6.07, 6.45) is 0.750. The van der Waals surface area contributed by atoms with Crippen molar-refractivity contribution in [2.45, 2.75) is 44.4 Å². The molecule has 0 unspecified atom stereocenters. The van der Waals surface area contributed by atoms with Crippen LogP contribution >= 0.6 is 11.3 Å². The molecule has 1 aromatic carbocycles. The summed E-state index contributed by atoms with van der Waals surface area (Å²) < 4.78 is 26.2. The largest absolute Gasteiger partial charge is 0.304 e. The maximum absolute atomic E-state index is 11.6. The number of benzene rings is 1. The number of aldehydes is 1. The Labute approximate surface area is 143 Å². The third-order valence-electron chi connectivity index (χ3n) is 2.14. The zero-order valence-corrected chi connectivity index (χ0v) is 15.9. The number of thiophene rings is 1. The smallest absolute Gasteiger partial charge is 0.250 e. The molecule has 1 N–H and O–H groups in total. The van der Waals surface area contributed by atoms with Gasteiger partial charge in [-0.15, -0.1) is 11.3 Å². The molecule has 0 aliphatic rings. The lowest BCUT2D eigenvalue weighted by Gasteiger charge is -2.19. The van der Waals surface area contributed by atoms with Crippen molar-refractivity contribution in [3.05, 3.63) is 53.4 Å². The number of nitrogens with one attached hydrogen (secondary N) is 1. The van der Waals surface area contributed by atoms with Crippen molar-refractivity contribution in [1.29, 1.82) is 0 Å². The van der Waals surface area contributed by atoms with Gasteiger partial charge in [0.15, 0.2) is 0 Å². The highest BCUT2D eigenvalue weighted by atomic mass is 32.2. The molecule has 0 amide bonds. The molecule has 128 valence electrons. The Morgan fingerprint density at radius 1 is 1.04 bits per heavy atom. The van der Waals surface area contributed by atoms with E-state index in [1.54, 1.807) is 17.5 Å². The second kappa shape index (κ2) is 10.3. The van der Waals surface area contributed by atoms with E-state index in [-0.39, 0.29) is 0 Å². The molecule has 6 heteroatoms. The van der Waals surface area contributed by atoms with Crippen LogP contribution in [0.1, 0.15) is 33.3 Å². The highest BCUT2D eigenvalue weighted by Gasteiger charge is 2.22. The highest BCUT2D eigenvalue weighted by molar-refractivity contribution is 7.91. The maximum atomic E-state index is 11.6. The number of hydrogen-bond acceptors (Lipinski definition) is 4. The van der Waals surface area contributed by atoms with Crippen LogP contribution in [0.3, 0.4) is 0 Å². The topological polar surface area (TPSA) is 63.2 Å². The summed E-state index contributed by atoms with van der Waals surface area (Å²) in [7, 11) is -3.31. The van der Waals surface area contributed by atoms with Gasteiger partial charge in [0.25, 0.3) is 10.0 Å². The Bertz CT molecular complexity index is 643. The van der Waals surface area contributed by atoms with Crippen molar-refractivity contribution in [2.24, 2.45) is 0 Å². The Balaban J connectivity index is 0.000000404. The molecule has 0 atom stereocenters. The number of carbonyl (C=O) groups is 1. The van der Waals surface area contributed by atoms with E-state index in [9.17, 15) is 8.42 Å². The first-order valence-electron chi connectivity index (χ1n) is 7.11. The number of hydrogen-bond donors (Lipinski definition) is 1. The molecule has 0 fully saturated rings. The first kappa shape index (κ1) is 21.5. The summed E-state index contributed by atoms with van der Waals surface area (Å²) in [5.74, 6) is 0. The molecular formula is C17H25NO3S2. The van der Waals surface area contributed by atoms with Crippen LogP contribution in [0.15, 0.2) is 52.1 Å². The maximum Gasteiger partial charge on any atom is 0.250 e. The minimum absolute atomic E-state index is 0.363. The van der Waals surface area contributed by atoms with Gasteiger partial charge in [-0.1, -0.05) is 42.0 Å². The molecule has 4 nitrogen and oxygen atoms in total. The first-order valence-corrected chi connectivity index (χ1v) is 9.47. The summed E-state index contributed by atoms with van der Waals surface area (Å²) in [4.78, 5) is 8.81. The molecule has 0 spiro atoms. The standard InChI is InChI=1S/C8H13NO2S2.C7H8.C2H4O/c1-8(2,3)9-13(10,11)7-5-4-6-12-7;1-7-5-3-2-4-6-7;1-2-3/h4-6,9H,1-3H3;2-6H,1H3;2H,1H3. The fourth-order valence-electron chi connectivity index (χ4n) is 1.40. The summed E-state index contributed by atoms with van der Waals surface area (Å²) in [6.45, 7) is 8.98. The van der Waals surface area contributed by atoms with Gasteiger partial charge in [0.1, 0.15) is 10.5 Å². The van der Waals surface area contributed by atoms with Gasteiger partial charge >= 0.3 is 0 Å². The second-order valence-corrected chi connectivity index (χ2v) is 8.53. The lowest BCUT2D eigenvalue weighted by atomic mass is 10.1. The second-order valence-electron chi connectivity index (χ2n) is 5.68. The molecule has 0 saturated carbocycles. The van der Waals surface area contributed by atoms with E-state index in [0.29, 0.717) is 4.21 Å². The highest BCUT2D eigenvalue weighted by Crippen LogP contribution is 2.17. The molecule has 0 saturated heterocycles. The molecule has 1 heterocycles. The van der Waals surface area contributed by atoms with Crippen LogP contribution in [-0.2, 0) is 14.8 Å². The third kappa shape index (κ3) is 10.8. The zero-order chi connectivity index (χ0) is 17.9. The van der Waals surface area contributed by atoms with E-state index in [1.165, 1.54) is 23.8 Å². The van der Waals surface area contributed by atoms with Gasteiger partial charge in [-0.25, -0.2) is 13.1 Å². The van der Waals surface area contributed by atoms with Gasteiger partial charge in [-0.3, -0.25) is 0 Å². The van der Waals surface area contributed by atoms with Crippen LogP contribution in [0.2, 0.25) is 0 Å². The Kier molecular flexibility index (Phi) is 9.64. The predicted octanol–water partition coefficient (Wildman–Crippen LogP) is 4.03. The Morgan fingerprint density at radius 2 is 1.57 bits per heavy atom. The fourth-order valence-corrected chi connectivity index (χ4v) is 3.82. The van der Waals surface area contributed by atoms with E-state index in [4.69, 9.17) is 4.79 Å². The molecule has 1 aromatic heterocycles. The Hall–Kier alpha value is -1.50. The Morgan fingerprint density at radius 3 is 1.87 bits per heavy atom. The summed E-state index contributed by atoms with van der Waals surface area (Å²) in [5, 5.41) is 1.75. The van der Waals surface area contributed by atoms with Crippen LogP contribution in [0.4, 0.5) is 0 Å².